The van der Waals surface area contributed by atoms with E-state index in [0.717, 1.165) is 38.0 Å². The molecule has 42 heavy (non-hydrogen) atoms. The maximum Gasteiger partial charge on any atom is 0.187 e. The Labute approximate surface area is 247 Å². The fourth-order valence-corrected chi connectivity index (χ4v) is 9.38. The average molecular weight is 599 g/mol. The van der Waals surface area contributed by atoms with Gasteiger partial charge in [0.15, 0.2) is 12.6 Å². The van der Waals surface area contributed by atoms with Crippen molar-refractivity contribution in [3.8, 4) is 0 Å². The molecular weight excluding hydrogens is 548 g/mol. The Morgan fingerprint density at radius 2 is 1.43 bits per heavy atom. The van der Waals surface area contributed by atoms with E-state index in [0.29, 0.717) is 11.3 Å². The van der Waals surface area contributed by atoms with E-state index < -0.39 is 74.6 Å². The Bertz CT molecular complexity index is 1010. The zero-order chi connectivity index (χ0) is 30.0. The molecule has 15 atom stereocenters. The van der Waals surface area contributed by atoms with Gasteiger partial charge in [-0.1, -0.05) is 31.4 Å². The minimum Gasteiger partial charge on any atom is -0.394 e. The van der Waals surface area contributed by atoms with Gasteiger partial charge in [0, 0.05) is 0 Å². The summed E-state index contributed by atoms with van der Waals surface area (Å²) in [6.45, 7) is 3.72. The first-order valence-electron chi connectivity index (χ1n) is 16.0. The molecule has 240 valence electrons. The summed E-state index contributed by atoms with van der Waals surface area (Å²) < 4.78 is 23.3. The molecule has 0 amide bonds. The van der Waals surface area contributed by atoms with Crippen molar-refractivity contribution in [2.75, 3.05) is 13.2 Å². The normalized spacial score (nSPS) is 52.9. The Kier molecular flexibility index (Phi) is 8.87. The number of fused-ring (bicyclic) bond motifs is 4. The third kappa shape index (κ3) is 5.20. The molecule has 4 aliphatic carbocycles. The molecule has 2 heterocycles. The largest absolute Gasteiger partial charge is 0.394 e. The van der Waals surface area contributed by atoms with Crippen LogP contribution in [0.15, 0.2) is 11.1 Å². The highest BCUT2D eigenvalue weighted by molar-refractivity contribution is 5.33. The molecule has 11 heteroatoms. The second kappa shape index (κ2) is 11.9. The maximum atomic E-state index is 11.2. The van der Waals surface area contributed by atoms with E-state index in [1.807, 2.05) is 0 Å². The van der Waals surface area contributed by atoms with E-state index in [1.165, 1.54) is 32.1 Å². The lowest BCUT2D eigenvalue weighted by Gasteiger charge is -2.54. The van der Waals surface area contributed by atoms with E-state index in [4.69, 9.17) is 18.9 Å². The molecule has 0 spiro atoms. The van der Waals surface area contributed by atoms with Crippen LogP contribution in [0.3, 0.4) is 0 Å². The number of ether oxygens (including phenoxy) is 4. The van der Waals surface area contributed by atoms with Gasteiger partial charge < -0.3 is 54.7 Å². The van der Waals surface area contributed by atoms with Crippen molar-refractivity contribution in [1.82, 2.24) is 0 Å². The number of hydrogen-bond donors (Lipinski definition) is 7. The van der Waals surface area contributed by atoms with Gasteiger partial charge in [0.1, 0.15) is 48.8 Å². The van der Waals surface area contributed by atoms with Crippen molar-refractivity contribution >= 4 is 0 Å². The minimum absolute atomic E-state index is 0.155. The van der Waals surface area contributed by atoms with Crippen LogP contribution in [0.1, 0.15) is 78.1 Å². The molecule has 7 N–H and O–H groups in total. The highest BCUT2D eigenvalue weighted by Crippen LogP contribution is 2.63. The molecule has 6 rings (SSSR count). The first kappa shape index (κ1) is 31.3. The molecule has 0 bridgehead atoms. The summed E-state index contributed by atoms with van der Waals surface area (Å²) >= 11 is 0. The van der Waals surface area contributed by atoms with Crippen molar-refractivity contribution in [2.24, 2.45) is 22.7 Å². The molecule has 2 saturated heterocycles. The molecule has 0 unspecified atom stereocenters. The quantitative estimate of drug-likeness (QED) is 0.212. The van der Waals surface area contributed by atoms with Gasteiger partial charge in [-0.2, -0.15) is 0 Å². The van der Waals surface area contributed by atoms with Gasteiger partial charge in [-0.3, -0.25) is 0 Å². The third-order valence-corrected chi connectivity index (χ3v) is 12.0. The first-order chi connectivity index (χ1) is 20.0. The first-order valence-corrected chi connectivity index (χ1v) is 16.0. The maximum absolute atomic E-state index is 11.2. The van der Waals surface area contributed by atoms with Crippen molar-refractivity contribution < 1.29 is 54.7 Å². The van der Waals surface area contributed by atoms with Gasteiger partial charge in [-0.15, -0.1) is 0 Å². The molecule has 2 saturated carbocycles. The number of allylic oxidation sites excluding steroid dienone is 2. The summed E-state index contributed by atoms with van der Waals surface area (Å²) in [5.74, 6) is 1.20. The molecule has 0 aromatic rings. The SMILES string of the molecule is C[C@@]12CCC[C@H]1C1=C(CC2)[C@@]2(C)CC[C@H](O[C@@H]3O[C@H](CO)[C@@H](O)[C@H](O[C@@H]4O[C@H](CO)[C@@H](O)[C@H](O)[C@H]4O)[C@H]3O)C[C@@H]2CC1. The van der Waals surface area contributed by atoms with Crippen LogP contribution in [-0.4, -0.2) is 116 Å². The highest BCUT2D eigenvalue weighted by Gasteiger charge is 2.54. The molecule has 2 aliphatic heterocycles. The summed E-state index contributed by atoms with van der Waals surface area (Å²) in [6, 6.07) is 0. The fourth-order valence-electron chi connectivity index (χ4n) is 9.38. The Morgan fingerprint density at radius 3 is 2.14 bits per heavy atom. The topological polar surface area (TPSA) is 179 Å². The van der Waals surface area contributed by atoms with Gasteiger partial charge in [-0.05, 0) is 80.5 Å². The van der Waals surface area contributed by atoms with Gasteiger partial charge >= 0.3 is 0 Å². The minimum atomic E-state index is -1.71. The zero-order valence-corrected chi connectivity index (χ0v) is 24.8. The second-order valence-electron chi connectivity index (χ2n) is 14.3. The number of aliphatic hydroxyl groups excluding tert-OH is 7. The fraction of sp³-hybridized carbons (Fsp3) is 0.935. The van der Waals surface area contributed by atoms with Crippen LogP contribution in [0.4, 0.5) is 0 Å². The van der Waals surface area contributed by atoms with E-state index in [2.05, 4.69) is 13.8 Å². The van der Waals surface area contributed by atoms with Crippen LogP contribution >= 0.6 is 0 Å². The van der Waals surface area contributed by atoms with Gasteiger partial charge in [0.25, 0.3) is 0 Å². The lowest BCUT2D eigenvalue weighted by atomic mass is 9.51. The molecule has 6 aliphatic rings. The van der Waals surface area contributed by atoms with Crippen LogP contribution in [-0.2, 0) is 18.9 Å². The summed E-state index contributed by atoms with van der Waals surface area (Å²) in [5, 5.41) is 72.1. The van der Waals surface area contributed by atoms with E-state index >= 15 is 0 Å². The summed E-state index contributed by atoms with van der Waals surface area (Å²) in [5.41, 5.74) is 4.08. The second-order valence-corrected chi connectivity index (χ2v) is 14.3. The highest BCUT2D eigenvalue weighted by atomic mass is 16.7. The van der Waals surface area contributed by atoms with Crippen LogP contribution in [0.2, 0.25) is 0 Å². The van der Waals surface area contributed by atoms with Crippen molar-refractivity contribution in [1.29, 1.82) is 0 Å². The van der Waals surface area contributed by atoms with Crippen molar-refractivity contribution in [2.45, 2.75) is 146 Å². The molecule has 11 nitrogen and oxygen atoms in total. The monoisotopic (exact) mass is 598 g/mol. The third-order valence-electron chi connectivity index (χ3n) is 12.0. The van der Waals surface area contributed by atoms with Crippen LogP contribution < -0.4 is 0 Å². The zero-order valence-electron chi connectivity index (χ0n) is 24.8. The van der Waals surface area contributed by atoms with Gasteiger partial charge in [-0.25, -0.2) is 0 Å². The Hall–Kier alpha value is -0.700. The lowest BCUT2D eigenvalue weighted by Crippen LogP contribution is -2.65. The number of rotatable bonds is 6. The van der Waals surface area contributed by atoms with Crippen LogP contribution in [0, 0.1) is 22.7 Å². The smallest absolute Gasteiger partial charge is 0.187 e. The Balaban J connectivity index is 1.13. The Morgan fingerprint density at radius 1 is 0.738 bits per heavy atom. The lowest BCUT2D eigenvalue weighted by molar-refractivity contribution is -0.364. The molecule has 0 aromatic carbocycles. The number of hydrogen-bond acceptors (Lipinski definition) is 11. The molecule has 4 fully saturated rings. The summed E-state index contributed by atoms with van der Waals surface area (Å²) in [6.07, 6.45) is -3.29. The average Bonchev–Trinajstić information content (AvgIpc) is 3.38. The van der Waals surface area contributed by atoms with Gasteiger partial charge in [0.05, 0.1) is 19.3 Å². The van der Waals surface area contributed by atoms with E-state index in [9.17, 15) is 35.7 Å². The van der Waals surface area contributed by atoms with Crippen LogP contribution in [0.5, 0.6) is 0 Å². The van der Waals surface area contributed by atoms with Gasteiger partial charge in [0.2, 0.25) is 0 Å². The standard InChI is InChI=1S/C31H50O11/c1-30-9-3-4-18(30)17-6-5-15-12-16(7-11-31(15,2)19(17)8-10-30)39-29-26(38)27(23(35)21(14-33)41-29)42-28-25(37)24(36)22(34)20(13-32)40-28/h15-16,18,20-29,32-38H,3-14H2,1-2H3/t15-,16-,18-,20+,21+,22+,23+,24-,25+,26+,27-,28-,29+,30-,31-/m0/s1. The summed E-state index contributed by atoms with van der Waals surface area (Å²) in [4.78, 5) is 0. The van der Waals surface area contributed by atoms with Crippen molar-refractivity contribution in [3.05, 3.63) is 11.1 Å². The molecule has 0 radical (unpaired) electrons. The molecular formula is C31H50O11. The van der Waals surface area contributed by atoms with Crippen molar-refractivity contribution in [3.63, 3.8) is 0 Å². The summed E-state index contributed by atoms with van der Waals surface area (Å²) in [7, 11) is 0. The van der Waals surface area contributed by atoms with E-state index in [1.54, 1.807) is 11.1 Å². The number of aliphatic hydroxyl groups is 7. The predicted octanol–water partition coefficient (Wildman–Crippen LogP) is 0.493. The van der Waals surface area contributed by atoms with E-state index in [-0.39, 0.29) is 11.5 Å². The predicted molar refractivity (Wildman–Crippen MR) is 148 cm³/mol. The molecule has 0 aromatic heterocycles. The van der Waals surface area contributed by atoms with Crippen LogP contribution in [0.25, 0.3) is 0 Å².